The molecule has 116 valence electrons. The maximum absolute atomic E-state index is 10.3. The Bertz CT molecular complexity index is 767. The third-order valence-corrected chi connectivity index (χ3v) is 4.80. The molecule has 0 spiro atoms. The van der Waals surface area contributed by atoms with Crippen molar-refractivity contribution in [3.8, 4) is 12.3 Å². The van der Waals surface area contributed by atoms with E-state index >= 15 is 0 Å². The Morgan fingerprint density at radius 1 is 1.59 bits per heavy atom. The van der Waals surface area contributed by atoms with Crippen LogP contribution in [0.4, 0.5) is 5.82 Å². The molecule has 1 aliphatic heterocycles. The van der Waals surface area contributed by atoms with E-state index in [9.17, 15) is 10.2 Å². The Balaban J connectivity index is 2.20. The first-order chi connectivity index (χ1) is 10.4. The summed E-state index contributed by atoms with van der Waals surface area (Å²) >= 11 is 3.49. The van der Waals surface area contributed by atoms with Gasteiger partial charge in [-0.25, -0.2) is 9.97 Å². The number of aromatic nitrogens is 3. The first kappa shape index (κ1) is 15.2. The standard InChI is InChI=1S/C14H15BrN4O3/c1-3-7-4-19(12-9(7)11(16)17-6-18-12)13-14(2,15)10(21)8(5-20)22-13/h1,4,6,8,10,13,20-21H,5H2,2H3,(H2,16,17,18)/t8?,10?,13-,14-/m1/s1. The van der Waals surface area contributed by atoms with Crippen molar-refractivity contribution >= 4 is 32.8 Å². The summed E-state index contributed by atoms with van der Waals surface area (Å²) < 4.78 is 6.66. The van der Waals surface area contributed by atoms with Gasteiger partial charge in [0.2, 0.25) is 0 Å². The molecule has 0 saturated carbocycles. The zero-order valence-corrected chi connectivity index (χ0v) is 13.4. The smallest absolute Gasteiger partial charge is 0.153 e. The molecule has 4 N–H and O–H groups in total. The van der Waals surface area contributed by atoms with E-state index in [-0.39, 0.29) is 12.4 Å². The second-order valence-electron chi connectivity index (χ2n) is 5.36. The minimum atomic E-state index is -0.895. The summed E-state index contributed by atoms with van der Waals surface area (Å²) in [6.45, 7) is 1.49. The molecule has 0 aliphatic carbocycles. The molecule has 2 aromatic rings. The number of anilines is 1. The van der Waals surface area contributed by atoms with Crippen molar-refractivity contribution in [3.63, 3.8) is 0 Å². The van der Waals surface area contributed by atoms with Crippen molar-refractivity contribution in [1.82, 2.24) is 14.5 Å². The fourth-order valence-corrected chi connectivity index (χ4v) is 3.38. The zero-order chi connectivity index (χ0) is 16.1. The van der Waals surface area contributed by atoms with Gasteiger partial charge in [0.15, 0.2) is 6.23 Å². The lowest BCUT2D eigenvalue weighted by atomic mass is 10.0. The van der Waals surface area contributed by atoms with Crippen LogP contribution in [-0.2, 0) is 4.74 Å². The molecule has 3 heterocycles. The number of fused-ring (bicyclic) bond motifs is 1. The summed E-state index contributed by atoms with van der Waals surface area (Å²) in [6.07, 6.45) is 6.34. The van der Waals surface area contributed by atoms with Gasteiger partial charge in [0.05, 0.1) is 21.9 Å². The van der Waals surface area contributed by atoms with Crippen LogP contribution >= 0.6 is 15.9 Å². The Morgan fingerprint density at radius 2 is 2.32 bits per heavy atom. The Morgan fingerprint density at radius 3 is 2.91 bits per heavy atom. The Kier molecular flexibility index (Phi) is 3.61. The number of halogens is 1. The van der Waals surface area contributed by atoms with Gasteiger partial charge < -0.3 is 25.3 Å². The van der Waals surface area contributed by atoms with Crippen LogP contribution in [0, 0.1) is 12.3 Å². The molecular weight excluding hydrogens is 352 g/mol. The monoisotopic (exact) mass is 366 g/mol. The number of aliphatic hydroxyl groups is 2. The highest BCUT2D eigenvalue weighted by Crippen LogP contribution is 2.46. The SMILES string of the molecule is C#Cc1cn([C@@H]2OC(CO)C(O)[C@@]2(C)Br)c2ncnc(N)c12. The first-order valence-electron chi connectivity index (χ1n) is 6.62. The van der Waals surface area contributed by atoms with Crippen molar-refractivity contribution in [2.75, 3.05) is 12.3 Å². The fourth-order valence-electron chi connectivity index (χ4n) is 2.76. The third kappa shape index (κ3) is 2.01. The topological polar surface area (TPSA) is 106 Å². The number of nitrogen functional groups attached to an aromatic ring is 1. The zero-order valence-electron chi connectivity index (χ0n) is 11.8. The minimum Gasteiger partial charge on any atom is -0.394 e. The van der Waals surface area contributed by atoms with E-state index < -0.39 is 22.8 Å². The number of nitrogens with two attached hydrogens (primary N) is 1. The van der Waals surface area contributed by atoms with Crippen molar-refractivity contribution in [1.29, 1.82) is 0 Å². The number of aliphatic hydroxyl groups excluding tert-OH is 2. The third-order valence-electron chi connectivity index (χ3n) is 3.94. The molecule has 0 bridgehead atoms. The normalized spacial score (nSPS) is 31.5. The predicted molar refractivity (Wildman–Crippen MR) is 84.2 cm³/mol. The van der Waals surface area contributed by atoms with E-state index in [1.165, 1.54) is 6.33 Å². The van der Waals surface area contributed by atoms with Crippen molar-refractivity contribution in [2.45, 2.75) is 29.7 Å². The van der Waals surface area contributed by atoms with Gasteiger partial charge in [-0.2, -0.15) is 0 Å². The van der Waals surface area contributed by atoms with Crippen LogP contribution in [0.5, 0.6) is 0 Å². The van der Waals surface area contributed by atoms with E-state index in [0.717, 1.165) is 0 Å². The number of ether oxygens (including phenoxy) is 1. The van der Waals surface area contributed by atoms with Crippen molar-refractivity contribution in [3.05, 3.63) is 18.1 Å². The molecule has 0 aromatic carbocycles. The molecule has 8 heteroatoms. The molecule has 1 fully saturated rings. The van der Waals surface area contributed by atoms with E-state index in [2.05, 4.69) is 31.8 Å². The Labute approximate surface area is 135 Å². The predicted octanol–water partition coefficient (Wildman–Crippen LogP) is 0.399. The van der Waals surface area contributed by atoms with Gasteiger partial charge in [-0.05, 0) is 6.92 Å². The molecule has 7 nitrogen and oxygen atoms in total. The summed E-state index contributed by atoms with van der Waals surface area (Å²) in [5.74, 6) is 2.84. The summed E-state index contributed by atoms with van der Waals surface area (Å²) in [5.41, 5.74) is 6.95. The second kappa shape index (κ2) is 5.21. The van der Waals surface area contributed by atoms with Gasteiger partial charge in [-0.15, -0.1) is 6.42 Å². The van der Waals surface area contributed by atoms with Crippen LogP contribution in [0.1, 0.15) is 18.7 Å². The van der Waals surface area contributed by atoms with Gasteiger partial charge >= 0.3 is 0 Å². The molecule has 0 radical (unpaired) electrons. The lowest BCUT2D eigenvalue weighted by Crippen LogP contribution is -2.39. The number of rotatable bonds is 2. The van der Waals surface area contributed by atoms with Crippen molar-refractivity contribution < 1.29 is 14.9 Å². The lowest BCUT2D eigenvalue weighted by Gasteiger charge is -2.27. The Hall–Kier alpha value is -1.66. The maximum Gasteiger partial charge on any atom is 0.153 e. The van der Waals surface area contributed by atoms with Gasteiger partial charge in [0, 0.05) is 6.20 Å². The molecule has 2 unspecified atom stereocenters. The summed E-state index contributed by atoms with van der Waals surface area (Å²) in [5, 5.41) is 20.2. The summed E-state index contributed by atoms with van der Waals surface area (Å²) in [4.78, 5) is 8.18. The van der Waals surface area contributed by atoms with Gasteiger partial charge in [-0.1, -0.05) is 21.9 Å². The maximum atomic E-state index is 10.3. The van der Waals surface area contributed by atoms with Crippen molar-refractivity contribution in [2.24, 2.45) is 0 Å². The number of nitrogens with zero attached hydrogens (tertiary/aromatic N) is 3. The molecule has 4 atom stereocenters. The van der Waals surface area contributed by atoms with Crippen LogP contribution in [0.3, 0.4) is 0 Å². The van der Waals surface area contributed by atoms with E-state index in [0.29, 0.717) is 16.6 Å². The van der Waals surface area contributed by atoms with Crippen LogP contribution in [0.2, 0.25) is 0 Å². The average Bonchev–Trinajstić information content (AvgIpc) is 2.97. The molecule has 3 rings (SSSR count). The molecule has 2 aromatic heterocycles. The molecule has 22 heavy (non-hydrogen) atoms. The van der Waals surface area contributed by atoms with Crippen LogP contribution in [0.15, 0.2) is 12.5 Å². The van der Waals surface area contributed by atoms with Gasteiger partial charge in [0.25, 0.3) is 0 Å². The molecule has 1 saturated heterocycles. The number of terminal acetylenes is 1. The first-order valence-corrected chi connectivity index (χ1v) is 7.42. The van der Waals surface area contributed by atoms with Crippen LogP contribution < -0.4 is 5.73 Å². The number of hydrogen-bond acceptors (Lipinski definition) is 6. The highest BCUT2D eigenvalue weighted by molar-refractivity contribution is 9.10. The fraction of sp³-hybridized carbons (Fsp3) is 0.429. The van der Waals surface area contributed by atoms with Crippen LogP contribution in [0.25, 0.3) is 11.0 Å². The molecule has 1 aliphatic rings. The number of hydrogen-bond donors (Lipinski definition) is 3. The highest BCUT2D eigenvalue weighted by atomic mass is 79.9. The van der Waals surface area contributed by atoms with E-state index in [1.807, 2.05) is 0 Å². The van der Waals surface area contributed by atoms with Gasteiger partial charge in [0.1, 0.15) is 30.0 Å². The van der Waals surface area contributed by atoms with E-state index in [1.54, 1.807) is 17.7 Å². The van der Waals surface area contributed by atoms with Crippen LogP contribution in [-0.4, -0.2) is 47.9 Å². The van der Waals surface area contributed by atoms with E-state index in [4.69, 9.17) is 16.9 Å². The molecular formula is C14H15BrN4O3. The van der Waals surface area contributed by atoms with Gasteiger partial charge in [-0.3, -0.25) is 0 Å². The number of alkyl halides is 1. The summed E-state index contributed by atoms with van der Waals surface area (Å²) in [7, 11) is 0. The quantitative estimate of drug-likeness (QED) is 0.524. The average molecular weight is 367 g/mol. The minimum absolute atomic E-state index is 0.283. The molecule has 0 amide bonds. The highest BCUT2D eigenvalue weighted by Gasteiger charge is 2.52. The lowest BCUT2D eigenvalue weighted by molar-refractivity contribution is -0.0437. The second-order valence-corrected chi connectivity index (χ2v) is 7.07. The largest absolute Gasteiger partial charge is 0.394 e. The summed E-state index contributed by atoms with van der Waals surface area (Å²) in [6, 6.07) is 0.